The topological polar surface area (TPSA) is 128 Å². The van der Waals surface area contributed by atoms with Gasteiger partial charge in [0.1, 0.15) is 33.1 Å². The van der Waals surface area contributed by atoms with E-state index < -0.39 is 72.1 Å². The molecule has 3 atom stereocenters. The van der Waals surface area contributed by atoms with E-state index in [2.05, 4.69) is 4.99 Å². The van der Waals surface area contributed by atoms with Gasteiger partial charge in [-0.05, 0) is 92.9 Å². The molecule has 0 saturated carbocycles. The highest BCUT2D eigenvalue weighted by Gasteiger charge is 2.73. The van der Waals surface area contributed by atoms with Crippen molar-refractivity contribution in [1.29, 1.82) is 0 Å². The Labute approximate surface area is 216 Å². The second-order valence-electron chi connectivity index (χ2n) is 11.9. The number of nitrogens with two attached hydrogens (primary N) is 1. The molecule has 1 aromatic carbocycles. The summed E-state index contributed by atoms with van der Waals surface area (Å²) in [7, 11) is -4.86. The third-order valence-corrected chi connectivity index (χ3v) is 9.61. The molecule has 0 unspecified atom stereocenters. The molecule has 1 saturated heterocycles. The van der Waals surface area contributed by atoms with Crippen molar-refractivity contribution in [2.45, 2.75) is 101 Å². The van der Waals surface area contributed by atoms with Crippen LogP contribution in [0.2, 0.25) is 0 Å². The van der Waals surface area contributed by atoms with Gasteiger partial charge >= 0.3 is 12.2 Å². The monoisotopic (exact) mass is 543 g/mol. The Morgan fingerprint density at radius 1 is 1.03 bits per heavy atom. The van der Waals surface area contributed by atoms with Crippen molar-refractivity contribution in [3.63, 3.8) is 0 Å². The number of halogens is 2. The number of rotatable bonds is 1. The van der Waals surface area contributed by atoms with Gasteiger partial charge in [-0.25, -0.2) is 26.8 Å². The number of nitrogen functional groups attached to an aromatic ring is 1. The number of carbonyl (C=O) groups is 2. The molecule has 2 aliphatic heterocycles. The molecule has 206 valence electrons. The molecular weight excluding hydrogens is 508 g/mol. The second-order valence-corrected chi connectivity index (χ2v) is 14.4. The fraction of sp³-hybridized carbons (Fsp3) is 0.640. The van der Waals surface area contributed by atoms with Crippen LogP contribution in [0, 0.1) is 5.82 Å². The number of alkyl halides is 1. The molecule has 2 aliphatic rings. The van der Waals surface area contributed by atoms with Gasteiger partial charge in [0.2, 0.25) is 14.8 Å². The lowest BCUT2D eigenvalue weighted by Gasteiger charge is -2.53. The molecule has 2 heterocycles. The summed E-state index contributed by atoms with van der Waals surface area (Å²) in [5, 5.41) is -3.06. The number of ether oxygens (including phenoxy) is 2. The first-order chi connectivity index (χ1) is 16.6. The highest BCUT2D eigenvalue weighted by Crippen LogP contribution is 2.58. The number of carbonyl (C=O) groups excluding carboxylic acids is 2. The summed E-state index contributed by atoms with van der Waals surface area (Å²) in [6, 6.07) is 3.33. The molecule has 2 N–H and O–H groups in total. The molecule has 2 amide bonds. The van der Waals surface area contributed by atoms with Crippen molar-refractivity contribution in [1.82, 2.24) is 4.90 Å². The molecule has 0 aliphatic carbocycles. The Morgan fingerprint density at radius 3 is 2.03 bits per heavy atom. The summed E-state index contributed by atoms with van der Waals surface area (Å²) in [6.45, 7) is 11.6. The number of sulfone groups is 1. The third-order valence-electron chi connectivity index (χ3n) is 6.58. The summed E-state index contributed by atoms with van der Waals surface area (Å²) in [4.78, 5) is 31.6. The van der Waals surface area contributed by atoms with Crippen molar-refractivity contribution >= 4 is 33.5 Å². The Hall–Kier alpha value is -2.76. The van der Waals surface area contributed by atoms with E-state index in [1.165, 1.54) is 13.0 Å². The lowest BCUT2D eigenvalue weighted by Crippen LogP contribution is -2.70. The smallest absolute Gasteiger partial charge is 0.425 e. The maximum atomic E-state index is 16.9. The van der Waals surface area contributed by atoms with Crippen LogP contribution < -0.4 is 5.73 Å². The first kappa shape index (κ1) is 28.8. The molecule has 12 heteroatoms. The molecule has 37 heavy (non-hydrogen) atoms. The van der Waals surface area contributed by atoms with Crippen molar-refractivity contribution in [3.05, 3.63) is 29.6 Å². The average Bonchev–Trinajstić information content (AvgIpc) is 2.69. The van der Waals surface area contributed by atoms with E-state index in [-0.39, 0.29) is 18.5 Å². The number of hydrogen-bond donors (Lipinski definition) is 1. The minimum atomic E-state index is -4.86. The lowest BCUT2D eigenvalue weighted by molar-refractivity contribution is 0.0128. The fourth-order valence-electron chi connectivity index (χ4n) is 4.76. The maximum absolute atomic E-state index is 16.9. The van der Waals surface area contributed by atoms with Gasteiger partial charge in [-0.15, -0.1) is 0 Å². The van der Waals surface area contributed by atoms with Gasteiger partial charge in [0.05, 0.1) is 0 Å². The minimum Gasteiger partial charge on any atom is -0.443 e. The van der Waals surface area contributed by atoms with Gasteiger partial charge < -0.3 is 15.2 Å². The number of amidine groups is 1. The quantitative estimate of drug-likeness (QED) is 0.480. The van der Waals surface area contributed by atoms with Crippen LogP contribution in [-0.2, 0) is 24.8 Å². The zero-order valence-electron chi connectivity index (χ0n) is 22.4. The van der Waals surface area contributed by atoms with Crippen molar-refractivity contribution < 1.29 is 36.3 Å². The maximum Gasteiger partial charge on any atom is 0.425 e. The number of anilines is 1. The Bertz CT molecular complexity index is 1240. The lowest BCUT2D eigenvalue weighted by atomic mass is 9.80. The van der Waals surface area contributed by atoms with Gasteiger partial charge in [-0.3, -0.25) is 4.99 Å². The fourth-order valence-corrected chi connectivity index (χ4v) is 7.35. The number of amides is 2. The van der Waals surface area contributed by atoms with E-state index in [0.717, 1.165) is 19.1 Å². The molecule has 0 spiro atoms. The number of benzene rings is 1. The SMILES string of the molecule is CC(C)(C)OC(=O)N(C(=O)OC(C)(C)C)C1=N[C@](C)(c2cc(N)ccc2F)[C@@]2(F)CCC[C@]1(C)S2(=O)=O. The van der Waals surface area contributed by atoms with Crippen LogP contribution in [0.3, 0.4) is 0 Å². The number of hydrogen-bond acceptors (Lipinski definition) is 8. The largest absolute Gasteiger partial charge is 0.443 e. The first-order valence-electron chi connectivity index (χ1n) is 11.9. The van der Waals surface area contributed by atoms with Crippen LogP contribution in [0.25, 0.3) is 0 Å². The van der Waals surface area contributed by atoms with Crippen LogP contribution in [0.5, 0.6) is 0 Å². The van der Waals surface area contributed by atoms with Crippen LogP contribution in [0.1, 0.15) is 80.2 Å². The number of aliphatic imine (C=N–C) groups is 1. The molecule has 0 radical (unpaired) electrons. The number of nitrogens with zero attached hydrogens (tertiary/aromatic N) is 2. The van der Waals surface area contributed by atoms with Crippen LogP contribution in [-0.4, -0.2) is 52.3 Å². The molecule has 2 bridgehead atoms. The van der Waals surface area contributed by atoms with E-state index in [1.807, 2.05) is 0 Å². The molecule has 1 aromatic rings. The average molecular weight is 544 g/mol. The van der Waals surface area contributed by atoms with E-state index in [4.69, 9.17) is 15.2 Å². The summed E-state index contributed by atoms with van der Waals surface area (Å²) < 4.78 is 68.8. The molecule has 0 aromatic heterocycles. The predicted octanol–water partition coefficient (Wildman–Crippen LogP) is 5.23. The van der Waals surface area contributed by atoms with Gasteiger partial charge in [0, 0.05) is 11.3 Å². The summed E-state index contributed by atoms with van der Waals surface area (Å²) in [6.07, 6.45) is -3.07. The Morgan fingerprint density at radius 2 is 1.54 bits per heavy atom. The normalized spacial score (nSPS) is 29.2. The third kappa shape index (κ3) is 4.57. The summed E-state index contributed by atoms with van der Waals surface area (Å²) in [5.74, 6) is -1.55. The highest BCUT2D eigenvalue weighted by molar-refractivity contribution is 7.95. The van der Waals surface area contributed by atoms with Crippen LogP contribution >= 0.6 is 0 Å². The summed E-state index contributed by atoms with van der Waals surface area (Å²) in [5.41, 5.74) is 0.888. The van der Waals surface area contributed by atoms with Crippen molar-refractivity contribution in [2.75, 3.05) is 5.73 Å². The molecule has 9 nitrogen and oxygen atoms in total. The first-order valence-corrected chi connectivity index (χ1v) is 13.4. The van der Waals surface area contributed by atoms with E-state index in [0.29, 0.717) is 4.90 Å². The predicted molar refractivity (Wildman–Crippen MR) is 135 cm³/mol. The summed E-state index contributed by atoms with van der Waals surface area (Å²) >= 11 is 0. The molecular formula is C25H35F2N3O6S. The van der Waals surface area contributed by atoms with Crippen LogP contribution in [0.4, 0.5) is 24.1 Å². The zero-order valence-corrected chi connectivity index (χ0v) is 23.3. The second kappa shape index (κ2) is 8.64. The number of imide groups is 1. The van der Waals surface area contributed by atoms with Gasteiger partial charge in [0.15, 0.2) is 0 Å². The van der Waals surface area contributed by atoms with Crippen molar-refractivity contribution in [3.8, 4) is 0 Å². The standard InChI is InChI=1S/C25H35F2N3O6S/c1-21(2,3)35-19(31)30(20(32)36-22(4,5)6)18-23(7)12-9-13-25(27,37(23,33)34)24(8,29-18)16-14-15(28)10-11-17(16)26/h10-11,14H,9,12-13,28H2,1-8H3/t23-,24+,25+/m0/s1. The van der Waals surface area contributed by atoms with Gasteiger partial charge in [-0.1, -0.05) is 0 Å². The van der Waals surface area contributed by atoms with E-state index in [1.54, 1.807) is 41.5 Å². The highest BCUT2D eigenvalue weighted by atomic mass is 32.2. The molecule has 1 fully saturated rings. The van der Waals surface area contributed by atoms with Gasteiger partial charge in [-0.2, -0.15) is 4.90 Å². The Balaban J connectivity index is 2.41. The van der Waals surface area contributed by atoms with Crippen molar-refractivity contribution in [2.24, 2.45) is 4.99 Å². The Kier molecular flexibility index (Phi) is 6.73. The van der Waals surface area contributed by atoms with E-state index >= 15 is 8.78 Å². The zero-order chi connectivity index (χ0) is 28.4. The number of fused-ring (bicyclic) bond motifs is 2. The van der Waals surface area contributed by atoms with Gasteiger partial charge in [0.25, 0.3) is 0 Å². The molecule has 3 rings (SSSR count). The van der Waals surface area contributed by atoms with E-state index in [9.17, 15) is 18.0 Å². The minimum absolute atomic E-state index is 0.0515. The van der Waals surface area contributed by atoms with Crippen LogP contribution in [0.15, 0.2) is 23.2 Å².